The number of likely N-dealkylation sites (N-methyl/N-ethyl adjacent to an activating group) is 1. The van der Waals surface area contributed by atoms with Crippen LogP contribution in [0.5, 0.6) is 0 Å². The van der Waals surface area contributed by atoms with E-state index < -0.39 is 10.1 Å². The molecule has 10 heteroatoms. The number of rotatable bonds is 7. The van der Waals surface area contributed by atoms with Crippen LogP contribution in [-0.2, 0) is 16.7 Å². The molecule has 0 aliphatic carbocycles. The van der Waals surface area contributed by atoms with Crippen molar-refractivity contribution in [3.8, 4) is 11.1 Å². The van der Waals surface area contributed by atoms with Crippen LogP contribution >= 0.6 is 0 Å². The maximum absolute atomic E-state index is 9.19. The second-order valence-corrected chi connectivity index (χ2v) is 11.4. The maximum atomic E-state index is 9.19. The molecule has 40 heavy (non-hydrogen) atoms. The van der Waals surface area contributed by atoms with Crippen LogP contribution in [0.15, 0.2) is 85.3 Å². The van der Waals surface area contributed by atoms with Gasteiger partial charge in [-0.25, -0.2) is 4.98 Å². The minimum absolute atomic E-state index is 0.715. The number of aryl methyl sites for hydroxylation is 1. The molecular formula is C30H36N6O3S. The number of nitrogens with one attached hydrogen (secondary N) is 2. The number of benzene rings is 2. The molecule has 1 saturated heterocycles. The van der Waals surface area contributed by atoms with Crippen LogP contribution in [0.3, 0.4) is 0 Å². The van der Waals surface area contributed by atoms with Crippen molar-refractivity contribution in [1.29, 1.82) is 0 Å². The maximum Gasteiger partial charge on any atom is 0.261 e. The third kappa shape index (κ3) is 9.42. The van der Waals surface area contributed by atoms with Gasteiger partial charge in [0.05, 0.1) is 6.26 Å². The van der Waals surface area contributed by atoms with E-state index in [0.717, 1.165) is 72.3 Å². The van der Waals surface area contributed by atoms with E-state index in [0.29, 0.717) is 6.26 Å². The van der Waals surface area contributed by atoms with Crippen LogP contribution in [0.4, 0.5) is 22.9 Å². The van der Waals surface area contributed by atoms with E-state index in [2.05, 4.69) is 99.0 Å². The lowest BCUT2D eigenvalue weighted by atomic mass is 10.1. The van der Waals surface area contributed by atoms with Crippen molar-refractivity contribution in [3.63, 3.8) is 0 Å². The topological polar surface area (TPSA) is 111 Å². The molecule has 0 radical (unpaired) electrons. The van der Waals surface area contributed by atoms with Crippen molar-refractivity contribution < 1.29 is 13.0 Å². The first kappa shape index (κ1) is 29.2. The second-order valence-electron chi connectivity index (χ2n) is 9.96. The predicted molar refractivity (Wildman–Crippen MR) is 162 cm³/mol. The van der Waals surface area contributed by atoms with Gasteiger partial charge in [-0.1, -0.05) is 24.3 Å². The Bertz CT molecular complexity index is 1480. The van der Waals surface area contributed by atoms with Gasteiger partial charge in [0.15, 0.2) is 0 Å². The van der Waals surface area contributed by atoms with E-state index in [1.54, 1.807) is 6.20 Å². The molecule has 3 heterocycles. The SMILES string of the molecule is CS(=O)(=O)O.Cc1ccc(Nc2ccc(CN3CCN(C)CC3)cc2)cc1Nc1cc(-c2cccnc2)ccn1. The van der Waals surface area contributed by atoms with Gasteiger partial charge in [0.25, 0.3) is 10.1 Å². The van der Waals surface area contributed by atoms with E-state index in [1.807, 2.05) is 24.5 Å². The Balaban J connectivity index is 0.000000681. The molecule has 0 spiro atoms. The monoisotopic (exact) mass is 560 g/mol. The van der Waals surface area contributed by atoms with Gasteiger partial charge in [0.2, 0.25) is 0 Å². The fourth-order valence-electron chi connectivity index (χ4n) is 4.31. The Labute approximate surface area is 236 Å². The van der Waals surface area contributed by atoms with E-state index in [9.17, 15) is 8.42 Å². The summed E-state index contributed by atoms with van der Waals surface area (Å²) < 4.78 is 25.9. The van der Waals surface area contributed by atoms with E-state index in [-0.39, 0.29) is 0 Å². The molecule has 1 aliphatic rings. The zero-order valence-corrected chi connectivity index (χ0v) is 23.9. The molecule has 4 aromatic rings. The highest BCUT2D eigenvalue weighted by Crippen LogP contribution is 2.28. The van der Waals surface area contributed by atoms with Crippen molar-refractivity contribution in [1.82, 2.24) is 19.8 Å². The molecule has 1 fully saturated rings. The number of pyridine rings is 2. The smallest absolute Gasteiger partial charge is 0.261 e. The van der Waals surface area contributed by atoms with Crippen LogP contribution in [0.1, 0.15) is 11.1 Å². The predicted octanol–water partition coefficient (Wildman–Crippen LogP) is 5.19. The lowest BCUT2D eigenvalue weighted by molar-refractivity contribution is 0.148. The number of nitrogens with zero attached hydrogens (tertiary/aromatic N) is 4. The molecule has 1 aliphatic heterocycles. The van der Waals surface area contributed by atoms with Crippen LogP contribution in [0, 0.1) is 6.92 Å². The summed E-state index contributed by atoms with van der Waals surface area (Å²) >= 11 is 0. The summed E-state index contributed by atoms with van der Waals surface area (Å²) in [5.41, 5.74) is 7.81. The van der Waals surface area contributed by atoms with Gasteiger partial charge in [-0.2, -0.15) is 8.42 Å². The summed E-state index contributed by atoms with van der Waals surface area (Å²) in [6.07, 6.45) is 6.19. The third-order valence-electron chi connectivity index (χ3n) is 6.50. The molecule has 0 bridgehead atoms. The van der Waals surface area contributed by atoms with Crippen LogP contribution in [0.2, 0.25) is 0 Å². The summed E-state index contributed by atoms with van der Waals surface area (Å²) in [7, 11) is -1.47. The van der Waals surface area contributed by atoms with Crippen LogP contribution < -0.4 is 10.6 Å². The molecule has 5 rings (SSSR count). The summed E-state index contributed by atoms with van der Waals surface area (Å²) in [6, 6.07) is 23.2. The number of piperazine rings is 1. The molecule has 0 atom stereocenters. The molecule has 2 aromatic carbocycles. The Morgan fingerprint density at radius 1 is 0.875 bits per heavy atom. The fraction of sp³-hybridized carbons (Fsp3) is 0.267. The first-order chi connectivity index (χ1) is 19.1. The quantitative estimate of drug-likeness (QED) is 0.263. The van der Waals surface area contributed by atoms with Crippen molar-refractivity contribution in [2.45, 2.75) is 13.5 Å². The van der Waals surface area contributed by atoms with Gasteiger partial charge in [0.1, 0.15) is 5.82 Å². The average Bonchev–Trinajstić information content (AvgIpc) is 2.93. The second kappa shape index (κ2) is 13.5. The minimum Gasteiger partial charge on any atom is -0.355 e. The molecule has 9 nitrogen and oxygen atoms in total. The van der Waals surface area contributed by atoms with Gasteiger partial charge in [0, 0.05) is 73.9 Å². The average molecular weight is 561 g/mol. The van der Waals surface area contributed by atoms with Gasteiger partial charge in [-0.3, -0.25) is 14.4 Å². The molecule has 0 saturated carbocycles. The highest BCUT2D eigenvalue weighted by molar-refractivity contribution is 7.85. The lowest BCUT2D eigenvalue weighted by Crippen LogP contribution is -2.43. The standard InChI is InChI=1S/C29H32N6.CH4O3S/c1-22-5-8-27(32-26-9-6-23(7-10-26)21-35-16-14-34(2)15-17-35)19-28(22)33-29-18-24(11-13-31-29)25-4-3-12-30-20-25;1-5(2,3)4/h3-13,18-20,32H,14-17,21H2,1-2H3,(H,31,33);1H3,(H,2,3,4). The molecule has 2 aromatic heterocycles. The molecular weight excluding hydrogens is 524 g/mol. The van der Waals surface area contributed by atoms with Gasteiger partial charge >= 0.3 is 0 Å². The minimum atomic E-state index is -3.67. The highest BCUT2D eigenvalue weighted by atomic mass is 32.2. The first-order valence-electron chi connectivity index (χ1n) is 13.1. The summed E-state index contributed by atoms with van der Waals surface area (Å²) in [6.45, 7) is 7.67. The Morgan fingerprint density at radius 3 is 2.25 bits per heavy atom. The van der Waals surface area contributed by atoms with Crippen LogP contribution in [0.25, 0.3) is 11.1 Å². The number of aromatic nitrogens is 2. The third-order valence-corrected chi connectivity index (χ3v) is 6.50. The van der Waals surface area contributed by atoms with Crippen molar-refractivity contribution in [3.05, 3.63) is 96.4 Å². The van der Waals surface area contributed by atoms with Crippen molar-refractivity contribution in [2.24, 2.45) is 0 Å². The van der Waals surface area contributed by atoms with Gasteiger partial charge < -0.3 is 15.5 Å². The number of hydrogen-bond donors (Lipinski definition) is 3. The molecule has 0 unspecified atom stereocenters. The summed E-state index contributed by atoms with van der Waals surface area (Å²) in [5, 5.41) is 7.03. The molecule has 210 valence electrons. The van der Waals surface area contributed by atoms with Crippen molar-refractivity contribution in [2.75, 3.05) is 50.1 Å². The number of hydrogen-bond acceptors (Lipinski definition) is 8. The Kier molecular flexibility index (Phi) is 9.84. The highest BCUT2D eigenvalue weighted by Gasteiger charge is 2.13. The van der Waals surface area contributed by atoms with Gasteiger partial charge in [-0.15, -0.1) is 0 Å². The Hall–Kier alpha value is -3.83. The zero-order chi connectivity index (χ0) is 28.5. The molecule has 0 amide bonds. The van der Waals surface area contributed by atoms with Crippen LogP contribution in [-0.4, -0.2) is 72.2 Å². The summed E-state index contributed by atoms with van der Waals surface area (Å²) in [5.74, 6) is 0.805. The molecule has 3 N–H and O–H groups in total. The van der Waals surface area contributed by atoms with Crippen molar-refractivity contribution >= 4 is 33.0 Å². The van der Waals surface area contributed by atoms with Gasteiger partial charge in [-0.05, 0) is 73.1 Å². The zero-order valence-electron chi connectivity index (χ0n) is 23.1. The first-order valence-corrected chi connectivity index (χ1v) is 14.9. The lowest BCUT2D eigenvalue weighted by Gasteiger charge is -2.32. The van der Waals surface area contributed by atoms with E-state index >= 15 is 0 Å². The fourth-order valence-corrected chi connectivity index (χ4v) is 4.31. The van der Waals surface area contributed by atoms with E-state index in [1.165, 1.54) is 5.56 Å². The van der Waals surface area contributed by atoms with E-state index in [4.69, 9.17) is 4.55 Å². The largest absolute Gasteiger partial charge is 0.355 e. The normalized spacial score (nSPS) is 14.2. The Morgan fingerprint density at radius 2 is 1.57 bits per heavy atom. The number of anilines is 4. The summed E-state index contributed by atoms with van der Waals surface area (Å²) in [4.78, 5) is 13.7.